The van der Waals surface area contributed by atoms with Crippen LogP contribution in [0.15, 0.2) is 39.8 Å². The van der Waals surface area contributed by atoms with Crippen LogP contribution < -0.4 is 5.73 Å². The topological polar surface area (TPSA) is 26.0 Å². The molecule has 0 fully saturated rings. The maximum atomic E-state index is 5.80. The van der Waals surface area contributed by atoms with Crippen LogP contribution >= 0.6 is 31.9 Å². The molecule has 0 amide bonds. The summed E-state index contributed by atoms with van der Waals surface area (Å²) in [4.78, 5) is 0. The van der Waals surface area contributed by atoms with Crippen molar-refractivity contribution in [1.29, 1.82) is 0 Å². The van der Waals surface area contributed by atoms with Gasteiger partial charge in [-0.2, -0.15) is 0 Å². The molecule has 0 heterocycles. The van der Waals surface area contributed by atoms with E-state index in [-0.39, 0.29) is 6.04 Å². The van der Waals surface area contributed by atoms with Crippen LogP contribution in [0.3, 0.4) is 0 Å². The summed E-state index contributed by atoms with van der Waals surface area (Å²) >= 11 is 6.81. The van der Waals surface area contributed by atoms with E-state index in [0.717, 1.165) is 14.5 Å². The molecule has 0 aliphatic rings. The minimum Gasteiger partial charge on any atom is -0.321 e. The number of halogens is 2. The Morgan fingerprint density at radius 2 is 2.08 bits per heavy atom. The lowest BCUT2D eigenvalue weighted by Crippen LogP contribution is -2.06. The van der Waals surface area contributed by atoms with E-state index < -0.39 is 0 Å². The molecule has 1 unspecified atom stereocenters. The van der Waals surface area contributed by atoms with Crippen molar-refractivity contribution in [3.63, 3.8) is 0 Å². The first kappa shape index (κ1) is 9.96. The molecule has 1 nitrogen and oxygen atoms in total. The molecule has 3 heteroatoms. The summed E-state index contributed by atoms with van der Waals surface area (Å²) in [5.41, 5.74) is 6.84. The van der Waals surface area contributed by atoms with Gasteiger partial charge in [-0.25, -0.2) is 0 Å². The van der Waals surface area contributed by atoms with Gasteiger partial charge in [0.1, 0.15) is 0 Å². The molecule has 1 rings (SSSR count). The third kappa shape index (κ3) is 2.19. The smallest absolute Gasteiger partial charge is 0.0490 e. The van der Waals surface area contributed by atoms with Gasteiger partial charge in [0.05, 0.1) is 0 Å². The van der Waals surface area contributed by atoms with Gasteiger partial charge in [-0.15, -0.1) is 6.58 Å². The SMILES string of the molecule is C=CC(N)c1cc(Br)ccc1Br. The van der Waals surface area contributed by atoms with Crippen LogP contribution in [0.4, 0.5) is 0 Å². The first-order chi connectivity index (χ1) is 5.65. The largest absolute Gasteiger partial charge is 0.321 e. The maximum Gasteiger partial charge on any atom is 0.0490 e. The van der Waals surface area contributed by atoms with E-state index in [0.29, 0.717) is 0 Å². The molecule has 0 saturated carbocycles. The molecule has 0 bridgehead atoms. The molecule has 1 aromatic carbocycles. The van der Waals surface area contributed by atoms with E-state index in [1.54, 1.807) is 6.08 Å². The van der Waals surface area contributed by atoms with Crippen LogP contribution in [0.1, 0.15) is 11.6 Å². The van der Waals surface area contributed by atoms with Crippen LogP contribution in [0.5, 0.6) is 0 Å². The normalized spacial score (nSPS) is 12.6. The number of rotatable bonds is 2. The summed E-state index contributed by atoms with van der Waals surface area (Å²) in [6.45, 7) is 3.65. The van der Waals surface area contributed by atoms with Gasteiger partial charge >= 0.3 is 0 Å². The van der Waals surface area contributed by atoms with Crippen LogP contribution in [-0.4, -0.2) is 0 Å². The Labute approximate surface area is 88.9 Å². The van der Waals surface area contributed by atoms with E-state index in [1.165, 1.54) is 0 Å². The molecule has 12 heavy (non-hydrogen) atoms. The molecular formula is C9H9Br2N. The van der Waals surface area contributed by atoms with E-state index >= 15 is 0 Å². The molecule has 0 aromatic heterocycles. The number of nitrogens with two attached hydrogens (primary N) is 1. The Kier molecular flexibility index (Phi) is 3.50. The fourth-order valence-corrected chi connectivity index (χ4v) is 1.79. The molecule has 0 radical (unpaired) electrons. The molecular weight excluding hydrogens is 282 g/mol. The summed E-state index contributed by atoms with van der Waals surface area (Å²) < 4.78 is 2.04. The van der Waals surface area contributed by atoms with Crippen molar-refractivity contribution in [2.24, 2.45) is 5.73 Å². The Bertz CT molecular complexity index is 297. The summed E-state index contributed by atoms with van der Waals surface area (Å²) in [7, 11) is 0. The highest BCUT2D eigenvalue weighted by atomic mass is 79.9. The molecule has 2 N–H and O–H groups in total. The van der Waals surface area contributed by atoms with Crippen LogP contribution in [0.25, 0.3) is 0 Å². The van der Waals surface area contributed by atoms with Gasteiger partial charge in [0.25, 0.3) is 0 Å². The van der Waals surface area contributed by atoms with Crippen molar-refractivity contribution >= 4 is 31.9 Å². The first-order valence-electron chi connectivity index (χ1n) is 3.48. The summed E-state index contributed by atoms with van der Waals surface area (Å²) in [6, 6.07) is 5.79. The Balaban J connectivity index is 3.12. The Hall–Kier alpha value is -0.120. The molecule has 1 atom stereocenters. The van der Waals surface area contributed by atoms with Crippen molar-refractivity contribution in [3.8, 4) is 0 Å². The predicted octanol–water partition coefficient (Wildman–Crippen LogP) is 3.40. The van der Waals surface area contributed by atoms with Crippen LogP contribution in [0, 0.1) is 0 Å². The minimum atomic E-state index is -0.114. The van der Waals surface area contributed by atoms with E-state index in [9.17, 15) is 0 Å². The van der Waals surface area contributed by atoms with Crippen molar-refractivity contribution in [1.82, 2.24) is 0 Å². The van der Waals surface area contributed by atoms with E-state index in [2.05, 4.69) is 38.4 Å². The lowest BCUT2D eigenvalue weighted by Gasteiger charge is -2.09. The highest BCUT2D eigenvalue weighted by Crippen LogP contribution is 2.25. The zero-order valence-electron chi connectivity index (χ0n) is 6.43. The monoisotopic (exact) mass is 289 g/mol. The van der Waals surface area contributed by atoms with Gasteiger partial charge in [0.15, 0.2) is 0 Å². The number of benzene rings is 1. The van der Waals surface area contributed by atoms with Crippen molar-refractivity contribution in [2.45, 2.75) is 6.04 Å². The first-order valence-corrected chi connectivity index (χ1v) is 5.07. The van der Waals surface area contributed by atoms with Crippen LogP contribution in [0.2, 0.25) is 0 Å². The van der Waals surface area contributed by atoms with Crippen molar-refractivity contribution in [2.75, 3.05) is 0 Å². The van der Waals surface area contributed by atoms with Gasteiger partial charge in [0.2, 0.25) is 0 Å². The van der Waals surface area contributed by atoms with Crippen molar-refractivity contribution < 1.29 is 0 Å². The molecule has 0 aliphatic carbocycles. The quantitative estimate of drug-likeness (QED) is 0.830. The zero-order chi connectivity index (χ0) is 9.14. The Morgan fingerprint density at radius 1 is 1.42 bits per heavy atom. The average Bonchev–Trinajstić information content (AvgIpc) is 2.08. The minimum absolute atomic E-state index is 0.114. The second kappa shape index (κ2) is 4.21. The van der Waals surface area contributed by atoms with E-state index in [4.69, 9.17) is 5.73 Å². The van der Waals surface area contributed by atoms with Gasteiger partial charge in [0, 0.05) is 15.0 Å². The van der Waals surface area contributed by atoms with Crippen molar-refractivity contribution in [3.05, 3.63) is 45.4 Å². The number of hydrogen-bond donors (Lipinski definition) is 1. The van der Waals surface area contributed by atoms with E-state index in [1.807, 2.05) is 18.2 Å². The van der Waals surface area contributed by atoms with Gasteiger partial charge in [-0.05, 0) is 23.8 Å². The molecule has 1 aromatic rings. The molecule has 0 aliphatic heterocycles. The summed E-state index contributed by atoms with van der Waals surface area (Å²) in [5.74, 6) is 0. The molecule has 0 saturated heterocycles. The summed E-state index contributed by atoms with van der Waals surface area (Å²) in [6.07, 6.45) is 1.71. The second-order valence-corrected chi connectivity index (χ2v) is 4.20. The standard InChI is InChI=1S/C9H9Br2N/c1-2-9(12)7-5-6(10)3-4-8(7)11/h2-5,9H,1,12H2. The average molecular weight is 291 g/mol. The van der Waals surface area contributed by atoms with Gasteiger partial charge < -0.3 is 5.73 Å². The highest BCUT2D eigenvalue weighted by Gasteiger charge is 2.05. The zero-order valence-corrected chi connectivity index (χ0v) is 9.60. The predicted molar refractivity (Wildman–Crippen MR) is 59.0 cm³/mol. The van der Waals surface area contributed by atoms with Gasteiger partial charge in [-0.3, -0.25) is 0 Å². The third-order valence-electron chi connectivity index (χ3n) is 1.57. The molecule has 64 valence electrons. The fourth-order valence-electron chi connectivity index (χ4n) is 0.897. The van der Waals surface area contributed by atoms with Crippen LogP contribution in [-0.2, 0) is 0 Å². The second-order valence-electron chi connectivity index (χ2n) is 2.43. The molecule has 0 spiro atoms. The van der Waals surface area contributed by atoms with Gasteiger partial charge in [-0.1, -0.05) is 37.9 Å². The lowest BCUT2D eigenvalue weighted by molar-refractivity contribution is 0.907. The Morgan fingerprint density at radius 3 is 2.67 bits per heavy atom. The fraction of sp³-hybridized carbons (Fsp3) is 0.111. The number of hydrogen-bond acceptors (Lipinski definition) is 1. The lowest BCUT2D eigenvalue weighted by atomic mass is 10.1. The maximum absolute atomic E-state index is 5.80. The highest BCUT2D eigenvalue weighted by molar-refractivity contribution is 9.11. The third-order valence-corrected chi connectivity index (χ3v) is 2.79. The summed E-state index contributed by atoms with van der Waals surface area (Å²) in [5, 5.41) is 0.